The van der Waals surface area contributed by atoms with Crippen LogP contribution in [-0.2, 0) is 0 Å². The normalized spacial score (nSPS) is 9.86. The highest BCUT2D eigenvalue weighted by Crippen LogP contribution is 2.23. The van der Waals surface area contributed by atoms with Gasteiger partial charge in [-0.3, -0.25) is 0 Å². The topological polar surface area (TPSA) is 67.5 Å². The Morgan fingerprint density at radius 3 is 2.86 bits per heavy atom. The van der Waals surface area contributed by atoms with Crippen molar-refractivity contribution in [3.63, 3.8) is 0 Å². The zero-order valence-electron chi connectivity index (χ0n) is 8.29. The Morgan fingerprint density at radius 2 is 2.29 bits per heavy atom. The lowest BCUT2D eigenvalue weighted by Crippen LogP contribution is -2.05. The molecule has 4 N–H and O–H groups in total. The van der Waals surface area contributed by atoms with Gasteiger partial charge in [-0.1, -0.05) is 0 Å². The van der Waals surface area contributed by atoms with Crippen LogP contribution < -0.4 is 15.8 Å². The van der Waals surface area contributed by atoms with E-state index in [0.29, 0.717) is 18.7 Å². The molecule has 0 saturated heterocycles. The highest BCUT2D eigenvalue weighted by Gasteiger charge is 1.99. The molecule has 0 fully saturated rings. The van der Waals surface area contributed by atoms with Crippen molar-refractivity contribution in [3.05, 3.63) is 18.2 Å². The number of nitrogen functional groups attached to an aromatic ring is 1. The Balaban J connectivity index is 2.59. The van der Waals surface area contributed by atoms with Crippen molar-refractivity contribution >= 4 is 11.4 Å². The second-order valence-corrected chi connectivity index (χ2v) is 2.96. The molecule has 0 aliphatic carbocycles. The van der Waals surface area contributed by atoms with Gasteiger partial charge in [-0.15, -0.1) is 0 Å². The smallest absolute Gasteiger partial charge is 0.121 e. The van der Waals surface area contributed by atoms with Crippen molar-refractivity contribution in [2.24, 2.45) is 0 Å². The molecule has 0 unspecified atom stereocenters. The Kier molecular flexibility index (Phi) is 4.07. The van der Waals surface area contributed by atoms with E-state index in [1.165, 1.54) is 0 Å². The highest BCUT2D eigenvalue weighted by atomic mass is 16.5. The molecule has 1 aromatic carbocycles. The molecule has 0 aliphatic heterocycles. The quantitative estimate of drug-likeness (QED) is 0.487. The van der Waals surface area contributed by atoms with Gasteiger partial charge in [0.05, 0.1) is 18.5 Å². The van der Waals surface area contributed by atoms with Crippen LogP contribution in [0.5, 0.6) is 5.75 Å². The SMILES string of the molecule is COc1ccc(NCCCO)c(N)c1. The maximum Gasteiger partial charge on any atom is 0.121 e. The van der Waals surface area contributed by atoms with Gasteiger partial charge in [0.25, 0.3) is 0 Å². The Hall–Kier alpha value is -1.42. The van der Waals surface area contributed by atoms with Crippen molar-refractivity contribution in [1.82, 2.24) is 0 Å². The molecule has 4 nitrogen and oxygen atoms in total. The van der Waals surface area contributed by atoms with E-state index in [4.69, 9.17) is 15.6 Å². The van der Waals surface area contributed by atoms with E-state index in [2.05, 4.69) is 5.32 Å². The molecular weight excluding hydrogens is 180 g/mol. The first-order valence-corrected chi connectivity index (χ1v) is 4.56. The summed E-state index contributed by atoms with van der Waals surface area (Å²) in [6.07, 6.45) is 0.714. The summed E-state index contributed by atoms with van der Waals surface area (Å²) in [4.78, 5) is 0. The van der Waals surface area contributed by atoms with Crippen LogP contribution in [0.25, 0.3) is 0 Å². The van der Waals surface area contributed by atoms with Crippen molar-refractivity contribution in [2.75, 3.05) is 31.3 Å². The summed E-state index contributed by atoms with van der Waals surface area (Å²) in [5, 5.41) is 11.7. The van der Waals surface area contributed by atoms with Crippen LogP contribution in [0.3, 0.4) is 0 Å². The fourth-order valence-corrected chi connectivity index (χ4v) is 1.13. The fraction of sp³-hybridized carbons (Fsp3) is 0.400. The van der Waals surface area contributed by atoms with E-state index < -0.39 is 0 Å². The highest BCUT2D eigenvalue weighted by molar-refractivity contribution is 5.68. The van der Waals surface area contributed by atoms with Crippen LogP contribution in [0.2, 0.25) is 0 Å². The number of aliphatic hydroxyl groups excluding tert-OH is 1. The summed E-state index contributed by atoms with van der Waals surface area (Å²) in [5.74, 6) is 0.746. The van der Waals surface area contributed by atoms with Crippen LogP contribution in [0.1, 0.15) is 6.42 Å². The van der Waals surface area contributed by atoms with E-state index in [1.807, 2.05) is 12.1 Å². The number of rotatable bonds is 5. The molecule has 0 bridgehead atoms. The molecule has 0 aliphatic rings. The number of nitrogens with one attached hydrogen (secondary N) is 1. The number of benzene rings is 1. The van der Waals surface area contributed by atoms with Crippen LogP contribution in [0.15, 0.2) is 18.2 Å². The molecule has 0 radical (unpaired) electrons. The predicted octanol–water partition coefficient (Wildman–Crippen LogP) is 1.07. The number of ether oxygens (including phenoxy) is 1. The van der Waals surface area contributed by atoms with Crippen LogP contribution in [0.4, 0.5) is 11.4 Å². The minimum absolute atomic E-state index is 0.184. The second-order valence-electron chi connectivity index (χ2n) is 2.96. The standard InChI is InChI=1S/C10H16N2O2/c1-14-8-3-4-10(9(11)7-8)12-5-2-6-13/h3-4,7,12-13H,2,5-6,11H2,1H3. The lowest BCUT2D eigenvalue weighted by Gasteiger charge is -2.09. The Morgan fingerprint density at radius 1 is 1.50 bits per heavy atom. The molecule has 0 heterocycles. The summed E-state index contributed by atoms with van der Waals surface area (Å²) in [6, 6.07) is 5.48. The van der Waals surface area contributed by atoms with Crippen molar-refractivity contribution in [3.8, 4) is 5.75 Å². The van der Waals surface area contributed by atoms with Gasteiger partial charge in [0.15, 0.2) is 0 Å². The first-order valence-electron chi connectivity index (χ1n) is 4.56. The predicted molar refractivity (Wildman–Crippen MR) is 57.6 cm³/mol. The second kappa shape index (κ2) is 5.34. The summed E-state index contributed by atoms with van der Waals surface area (Å²) in [7, 11) is 1.60. The molecule has 0 spiro atoms. The number of anilines is 2. The molecule has 4 heteroatoms. The third-order valence-corrected chi connectivity index (χ3v) is 1.91. The summed E-state index contributed by atoms with van der Waals surface area (Å²) in [5.41, 5.74) is 7.30. The third kappa shape index (κ3) is 2.81. The summed E-state index contributed by atoms with van der Waals surface area (Å²) in [6.45, 7) is 0.899. The van der Waals surface area contributed by atoms with Crippen molar-refractivity contribution in [2.45, 2.75) is 6.42 Å². The Bertz CT molecular complexity index is 289. The third-order valence-electron chi connectivity index (χ3n) is 1.91. The van der Waals surface area contributed by atoms with Gasteiger partial charge in [-0.25, -0.2) is 0 Å². The zero-order valence-corrected chi connectivity index (χ0v) is 8.29. The van der Waals surface area contributed by atoms with Gasteiger partial charge in [-0.2, -0.15) is 0 Å². The van der Waals surface area contributed by atoms with Crippen LogP contribution >= 0.6 is 0 Å². The number of methoxy groups -OCH3 is 1. The minimum Gasteiger partial charge on any atom is -0.497 e. The number of hydrogen-bond acceptors (Lipinski definition) is 4. The van der Waals surface area contributed by atoms with Crippen LogP contribution in [-0.4, -0.2) is 25.4 Å². The molecule has 0 saturated carbocycles. The van der Waals surface area contributed by atoms with E-state index >= 15 is 0 Å². The Labute approximate surface area is 83.7 Å². The van der Waals surface area contributed by atoms with E-state index in [0.717, 1.165) is 11.4 Å². The molecule has 78 valence electrons. The average molecular weight is 196 g/mol. The molecule has 1 aromatic rings. The number of hydrogen-bond donors (Lipinski definition) is 3. The lowest BCUT2D eigenvalue weighted by atomic mass is 10.2. The zero-order chi connectivity index (χ0) is 10.4. The maximum atomic E-state index is 8.60. The van der Waals surface area contributed by atoms with E-state index in [1.54, 1.807) is 13.2 Å². The van der Waals surface area contributed by atoms with Crippen molar-refractivity contribution in [1.29, 1.82) is 0 Å². The summed E-state index contributed by atoms with van der Waals surface area (Å²) >= 11 is 0. The van der Waals surface area contributed by atoms with E-state index in [-0.39, 0.29) is 6.61 Å². The van der Waals surface area contributed by atoms with Gasteiger partial charge in [0.1, 0.15) is 5.75 Å². The molecule has 1 rings (SSSR count). The largest absolute Gasteiger partial charge is 0.497 e. The monoisotopic (exact) mass is 196 g/mol. The molecular formula is C10H16N2O2. The fourth-order valence-electron chi connectivity index (χ4n) is 1.13. The van der Waals surface area contributed by atoms with Gasteiger partial charge < -0.3 is 20.9 Å². The van der Waals surface area contributed by atoms with Crippen LogP contribution in [0, 0.1) is 0 Å². The first kappa shape index (κ1) is 10.7. The average Bonchev–Trinajstić information content (AvgIpc) is 2.20. The van der Waals surface area contributed by atoms with E-state index in [9.17, 15) is 0 Å². The summed E-state index contributed by atoms with van der Waals surface area (Å²) < 4.78 is 5.03. The maximum absolute atomic E-state index is 8.60. The minimum atomic E-state index is 0.184. The number of nitrogens with two attached hydrogens (primary N) is 1. The van der Waals surface area contributed by atoms with Gasteiger partial charge in [0.2, 0.25) is 0 Å². The van der Waals surface area contributed by atoms with Gasteiger partial charge >= 0.3 is 0 Å². The van der Waals surface area contributed by atoms with Gasteiger partial charge in [0, 0.05) is 19.2 Å². The molecule has 0 aromatic heterocycles. The van der Waals surface area contributed by atoms with Gasteiger partial charge in [-0.05, 0) is 18.6 Å². The molecule has 14 heavy (non-hydrogen) atoms. The molecule has 0 atom stereocenters. The number of aliphatic hydroxyl groups is 1. The molecule has 0 amide bonds. The first-order chi connectivity index (χ1) is 6.77. The van der Waals surface area contributed by atoms with Crippen molar-refractivity contribution < 1.29 is 9.84 Å². The lowest BCUT2D eigenvalue weighted by molar-refractivity contribution is 0.292.